The van der Waals surface area contributed by atoms with Crippen LogP contribution in [0, 0.1) is 5.92 Å². The normalized spacial score (nSPS) is 21.4. The summed E-state index contributed by atoms with van der Waals surface area (Å²) in [4.78, 5) is 22.7. The van der Waals surface area contributed by atoms with Gasteiger partial charge in [0.25, 0.3) is 0 Å². The zero-order valence-electron chi connectivity index (χ0n) is 11.5. The van der Waals surface area contributed by atoms with Gasteiger partial charge in [-0.1, -0.05) is 37.1 Å². The van der Waals surface area contributed by atoms with Gasteiger partial charge in [-0.15, -0.1) is 0 Å². The minimum Gasteiger partial charge on any atom is -0.393 e. The van der Waals surface area contributed by atoms with E-state index in [9.17, 15) is 9.59 Å². The molecular weight excluding hydrogens is 228 g/mol. The summed E-state index contributed by atoms with van der Waals surface area (Å²) in [6.07, 6.45) is 8.15. The molecule has 3 nitrogen and oxygen atoms in total. The van der Waals surface area contributed by atoms with Crippen LogP contribution >= 0.6 is 0 Å². The first-order chi connectivity index (χ1) is 8.58. The molecule has 0 spiro atoms. The van der Waals surface area contributed by atoms with Crippen LogP contribution < -0.4 is 0 Å². The van der Waals surface area contributed by atoms with E-state index in [0.717, 1.165) is 31.3 Å². The Morgan fingerprint density at radius 2 is 2.06 bits per heavy atom. The van der Waals surface area contributed by atoms with Crippen molar-refractivity contribution in [2.45, 2.75) is 52.9 Å². The van der Waals surface area contributed by atoms with Crippen molar-refractivity contribution in [1.29, 1.82) is 0 Å². The van der Waals surface area contributed by atoms with Gasteiger partial charge in [0.1, 0.15) is 0 Å². The Morgan fingerprint density at radius 1 is 1.33 bits per heavy atom. The van der Waals surface area contributed by atoms with Crippen molar-refractivity contribution in [2.24, 2.45) is 5.92 Å². The van der Waals surface area contributed by atoms with Crippen molar-refractivity contribution in [3.63, 3.8) is 0 Å². The van der Waals surface area contributed by atoms with E-state index >= 15 is 0 Å². The number of hydrogen-bond donors (Lipinski definition) is 0. The molecule has 18 heavy (non-hydrogen) atoms. The van der Waals surface area contributed by atoms with Gasteiger partial charge in [-0.3, -0.25) is 9.59 Å². The first kappa shape index (κ1) is 14.7. The number of esters is 2. The predicted molar refractivity (Wildman–Crippen MR) is 70.9 cm³/mol. The molecule has 1 unspecified atom stereocenters. The molecule has 100 valence electrons. The highest BCUT2D eigenvalue weighted by molar-refractivity contribution is 5.96. The van der Waals surface area contributed by atoms with Gasteiger partial charge in [0.2, 0.25) is 0 Å². The lowest BCUT2D eigenvalue weighted by atomic mass is 9.92. The van der Waals surface area contributed by atoms with Crippen molar-refractivity contribution in [3.05, 3.63) is 23.3 Å². The lowest BCUT2D eigenvalue weighted by molar-refractivity contribution is -0.152. The van der Waals surface area contributed by atoms with Crippen molar-refractivity contribution in [1.82, 2.24) is 0 Å². The number of allylic oxidation sites excluding steroid dienone is 3. The van der Waals surface area contributed by atoms with Crippen LogP contribution in [0.25, 0.3) is 0 Å². The van der Waals surface area contributed by atoms with E-state index in [0.29, 0.717) is 0 Å². The van der Waals surface area contributed by atoms with Gasteiger partial charge in [0, 0.05) is 0 Å². The van der Waals surface area contributed by atoms with Gasteiger partial charge in [-0.2, -0.15) is 0 Å². The molecule has 0 amide bonds. The number of rotatable bonds is 6. The molecule has 0 aliphatic carbocycles. The Labute approximate surface area is 109 Å². The van der Waals surface area contributed by atoms with Gasteiger partial charge in [0.05, 0.1) is 12.3 Å². The van der Waals surface area contributed by atoms with Gasteiger partial charge < -0.3 is 4.74 Å². The van der Waals surface area contributed by atoms with E-state index in [1.165, 1.54) is 5.57 Å². The minimum absolute atomic E-state index is 0.209. The smallest absolute Gasteiger partial charge is 0.321 e. The standard InChI is InChI=1S/C15H22O3/c1-4-7-12(9-6-8-11(3)5-2)13-10-14(16)18-15(13)17/h7-8,13H,4-6,9-10H2,1-3H3/b11-8+,12-7-. The van der Waals surface area contributed by atoms with E-state index in [1.54, 1.807) is 0 Å². The van der Waals surface area contributed by atoms with E-state index in [4.69, 9.17) is 0 Å². The molecular formula is C15H22O3. The first-order valence-electron chi connectivity index (χ1n) is 6.67. The predicted octanol–water partition coefficient (Wildman–Crippen LogP) is 3.55. The monoisotopic (exact) mass is 250 g/mol. The van der Waals surface area contributed by atoms with Crippen LogP contribution in [-0.4, -0.2) is 11.9 Å². The first-order valence-corrected chi connectivity index (χ1v) is 6.67. The zero-order valence-corrected chi connectivity index (χ0v) is 11.5. The Hall–Kier alpha value is -1.38. The molecule has 0 aromatic carbocycles. The van der Waals surface area contributed by atoms with E-state index < -0.39 is 5.97 Å². The minimum atomic E-state index is -0.396. The number of cyclic esters (lactones) is 2. The van der Waals surface area contributed by atoms with E-state index in [-0.39, 0.29) is 18.3 Å². The van der Waals surface area contributed by atoms with Crippen molar-refractivity contribution in [2.75, 3.05) is 0 Å². The maximum atomic E-state index is 11.6. The molecule has 0 bridgehead atoms. The lowest BCUT2D eigenvalue weighted by Gasteiger charge is -2.10. The summed E-state index contributed by atoms with van der Waals surface area (Å²) in [7, 11) is 0. The maximum absolute atomic E-state index is 11.6. The van der Waals surface area contributed by atoms with Crippen LogP contribution in [-0.2, 0) is 14.3 Å². The van der Waals surface area contributed by atoms with Gasteiger partial charge >= 0.3 is 11.9 Å². The summed E-state index contributed by atoms with van der Waals surface area (Å²) < 4.78 is 4.62. The molecule has 0 aromatic rings. The molecule has 1 saturated heterocycles. The van der Waals surface area contributed by atoms with Crippen LogP contribution in [0.2, 0.25) is 0 Å². The largest absolute Gasteiger partial charge is 0.393 e. The summed E-state index contributed by atoms with van der Waals surface area (Å²) in [6, 6.07) is 0. The maximum Gasteiger partial charge on any atom is 0.321 e. The molecule has 1 atom stereocenters. The molecule has 0 aromatic heterocycles. The van der Waals surface area contributed by atoms with Crippen molar-refractivity contribution < 1.29 is 14.3 Å². The molecule has 0 saturated carbocycles. The van der Waals surface area contributed by atoms with Gasteiger partial charge in [-0.25, -0.2) is 0 Å². The van der Waals surface area contributed by atoms with Crippen LogP contribution in [0.15, 0.2) is 23.3 Å². The average molecular weight is 250 g/mol. The average Bonchev–Trinajstić information content (AvgIpc) is 2.67. The summed E-state index contributed by atoms with van der Waals surface area (Å²) in [5.41, 5.74) is 2.41. The second kappa shape index (κ2) is 7.14. The third kappa shape index (κ3) is 4.13. The fraction of sp³-hybridized carbons (Fsp3) is 0.600. The molecule has 3 heteroatoms. The molecule has 1 fully saturated rings. The summed E-state index contributed by atoms with van der Waals surface area (Å²) in [5.74, 6) is -1.11. The topological polar surface area (TPSA) is 43.4 Å². The summed E-state index contributed by atoms with van der Waals surface area (Å²) in [5, 5.41) is 0. The van der Waals surface area contributed by atoms with Crippen molar-refractivity contribution >= 4 is 11.9 Å². The van der Waals surface area contributed by atoms with Gasteiger partial charge in [-0.05, 0) is 32.6 Å². The highest BCUT2D eigenvalue weighted by Crippen LogP contribution is 2.28. The Bertz CT molecular complexity index is 377. The third-order valence-corrected chi connectivity index (χ3v) is 3.27. The fourth-order valence-electron chi connectivity index (χ4n) is 2.07. The Balaban J connectivity index is 2.64. The third-order valence-electron chi connectivity index (χ3n) is 3.27. The fourth-order valence-corrected chi connectivity index (χ4v) is 2.07. The summed E-state index contributed by atoms with van der Waals surface area (Å²) >= 11 is 0. The highest BCUT2D eigenvalue weighted by atomic mass is 16.6. The molecule has 1 rings (SSSR count). The van der Waals surface area contributed by atoms with Crippen molar-refractivity contribution in [3.8, 4) is 0 Å². The molecule has 1 aliphatic rings. The van der Waals surface area contributed by atoms with Crippen LogP contribution in [0.5, 0.6) is 0 Å². The molecule has 1 aliphatic heterocycles. The SMILES string of the molecule is CC/C=C(/CC/C=C(\C)CC)C1CC(=O)OC1=O. The molecule has 1 heterocycles. The van der Waals surface area contributed by atoms with E-state index in [2.05, 4.69) is 30.7 Å². The van der Waals surface area contributed by atoms with Crippen LogP contribution in [0.4, 0.5) is 0 Å². The second-order valence-electron chi connectivity index (χ2n) is 4.68. The summed E-state index contributed by atoms with van der Waals surface area (Å²) in [6.45, 7) is 6.27. The second-order valence-corrected chi connectivity index (χ2v) is 4.68. The molecule has 0 N–H and O–H groups in total. The zero-order chi connectivity index (χ0) is 13.5. The van der Waals surface area contributed by atoms with Crippen LogP contribution in [0.3, 0.4) is 0 Å². The van der Waals surface area contributed by atoms with Crippen LogP contribution in [0.1, 0.15) is 52.9 Å². The molecule has 0 radical (unpaired) electrons. The Morgan fingerprint density at radius 3 is 2.56 bits per heavy atom. The van der Waals surface area contributed by atoms with E-state index in [1.807, 2.05) is 6.92 Å². The number of carbonyl (C=O) groups is 2. The quantitative estimate of drug-likeness (QED) is 0.411. The van der Waals surface area contributed by atoms with Gasteiger partial charge in [0.15, 0.2) is 0 Å². The highest BCUT2D eigenvalue weighted by Gasteiger charge is 2.35. The number of hydrogen-bond acceptors (Lipinski definition) is 3. The number of ether oxygens (including phenoxy) is 1. The Kier molecular flexibility index (Phi) is 5.83. The lowest BCUT2D eigenvalue weighted by Crippen LogP contribution is -2.10. The number of carbonyl (C=O) groups excluding carboxylic acids is 2.